The van der Waals surface area contributed by atoms with Crippen LogP contribution in [0.5, 0.6) is 0 Å². The Hall–Kier alpha value is -1.65. The lowest BCUT2D eigenvalue weighted by atomic mass is 9.96. The van der Waals surface area contributed by atoms with E-state index in [0.717, 1.165) is 19.4 Å². The molecule has 1 atom stereocenters. The Morgan fingerprint density at radius 2 is 2.33 bits per heavy atom. The van der Waals surface area contributed by atoms with Crippen LogP contribution in [-0.2, 0) is 11.2 Å². The largest absolute Gasteiger partial charge is 0.335 e. The summed E-state index contributed by atoms with van der Waals surface area (Å²) in [4.78, 5) is 15.7. The number of carbonyl (C=O) groups excluding carboxylic acids is 1. The third-order valence-electron chi connectivity index (χ3n) is 3.63. The average Bonchev–Trinajstić information content (AvgIpc) is 2.96. The summed E-state index contributed by atoms with van der Waals surface area (Å²) in [5.41, 5.74) is 6.83. The summed E-state index contributed by atoms with van der Waals surface area (Å²) in [7, 11) is 0. The van der Waals surface area contributed by atoms with Crippen molar-refractivity contribution < 1.29 is 4.79 Å². The lowest BCUT2D eigenvalue weighted by molar-refractivity contribution is -0.133. The lowest BCUT2D eigenvalue weighted by Gasteiger charge is -2.35. The fraction of sp³-hybridized carbons (Fsp3) is 0.353. The fourth-order valence-corrected chi connectivity index (χ4v) is 3.57. The summed E-state index contributed by atoms with van der Waals surface area (Å²) in [5.74, 6) is 0.161. The van der Waals surface area contributed by atoms with Crippen LogP contribution in [0, 0.1) is 0 Å². The molecule has 3 nitrogen and oxygen atoms in total. The molecule has 112 valence electrons. The zero-order valence-corrected chi connectivity index (χ0v) is 13.0. The van der Waals surface area contributed by atoms with Gasteiger partial charge in [-0.2, -0.15) is 0 Å². The molecule has 1 amide bonds. The summed E-state index contributed by atoms with van der Waals surface area (Å²) in [5, 5.41) is 2.12. The molecule has 1 unspecified atom stereocenters. The predicted octanol–water partition coefficient (Wildman–Crippen LogP) is 3.21. The van der Waals surface area contributed by atoms with E-state index in [1.165, 1.54) is 10.4 Å². The molecule has 1 aliphatic heterocycles. The number of rotatable bonds is 6. The van der Waals surface area contributed by atoms with Gasteiger partial charge in [0.15, 0.2) is 0 Å². The van der Waals surface area contributed by atoms with Crippen LogP contribution >= 0.6 is 11.3 Å². The van der Waals surface area contributed by atoms with Gasteiger partial charge in [-0.1, -0.05) is 37.0 Å². The highest BCUT2D eigenvalue weighted by Gasteiger charge is 2.30. The van der Waals surface area contributed by atoms with Gasteiger partial charge in [-0.15, -0.1) is 11.3 Å². The van der Waals surface area contributed by atoms with Gasteiger partial charge >= 0.3 is 0 Å². The fourth-order valence-electron chi connectivity index (χ4n) is 2.64. The Labute approximate surface area is 130 Å². The van der Waals surface area contributed by atoms with Crippen molar-refractivity contribution in [2.75, 3.05) is 13.1 Å². The second-order valence-electron chi connectivity index (χ2n) is 4.98. The van der Waals surface area contributed by atoms with Crippen LogP contribution in [0.4, 0.5) is 0 Å². The van der Waals surface area contributed by atoms with Gasteiger partial charge in [0.1, 0.15) is 0 Å². The van der Waals surface area contributed by atoms with Crippen molar-refractivity contribution in [2.45, 2.75) is 25.3 Å². The van der Waals surface area contributed by atoms with Crippen molar-refractivity contribution in [1.29, 1.82) is 0 Å². The van der Waals surface area contributed by atoms with Crippen LogP contribution in [-0.4, -0.2) is 23.9 Å². The van der Waals surface area contributed by atoms with Gasteiger partial charge in [-0.05, 0) is 29.9 Å². The summed E-state index contributed by atoms with van der Waals surface area (Å²) < 4.78 is 0. The first-order chi connectivity index (χ1) is 10.3. The van der Waals surface area contributed by atoms with E-state index in [2.05, 4.69) is 24.1 Å². The quantitative estimate of drug-likeness (QED) is 0.820. The molecule has 0 bridgehead atoms. The molecular weight excluding hydrogens is 280 g/mol. The summed E-state index contributed by atoms with van der Waals surface area (Å²) >= 11 is 1.79. The van der Waals surface area contributed by atoms with Crippen molar-refractivity contribution in [2.24, 2.45) is 5.73 Å². The number of hydrogen-bond acceptors (Lipinski definition) is 3. The van der Waals surface area contributed by atoms with Crippen LogP contribution < -0.4 is 5.73 Å². The first-order valence-electron chi connectivity index (χ1n) is 7.28. The topological polar surface area (TPSA) is 46.3 Å². The smallest absolute Gasteiger partial charge is 0.224 e. The zero-order valence-electron chi connectivity index (χ0n) is 12.2. The highest BCUT2D eigenvalue weighted by Crippen LogP contribution is 2.35. The highest BCUT2D eigenvalue weighted by molar-refractivity contribution is 7.10. The molecule has 2 heterocycles. The molecule has 21 heavy (non-hydrogen) atoms. The second kappa shape index (κ2) is 7.96. The monoisotopic (exact) mass is 302 g/mol. The molecule has 0 radical (unpaired) electrons. The Kier molecular flexibility index (Phi) is 5.96. The standard InChI is InChI=1S/C17H22N2OS/c1-2-3-4-5-6-7-15-14-10-13-21-16(14)9-12-19(15)17(20)8-11-18/h2-6,10,13,15H,1,7-9,11-12,18H2/b4-3-,6-5-. The highest BCUT2D eigenvalue weighted by atomic mass is 32.1. The molecule has 0 aromatic carbocycles. The van der Waals surface area contributed by atoms with E-state index >= 15 is 0 Å². The first kappa shape index (κ1) is 15.7. The Morgan fingerprint density at radius 3 is 3.10 bits per heavy atom. The van der Waals surface area contributed by atoms with Crippen molar-refractivity contribution in [1.82, 2.24) is 4.90 Å². The summed E-state index contributed by atoms with van der Waals surface area (Å²) in [6.45, 7) is 4.85. The van der Waals surface area contributed by atoms with E-state index in [9.17, 15) is 4.79 Å². The lowest BCUT2D eigenvalue weighted by Crippen LogP contribution is -2.40. The van der Waals surface area contributed by atoms with Gasteiger partial charge in [-0.3, -0.25) is 4.79 Å². The number of carbonyl (C=O) groups is 1. The van der Waals surface area contributed by atoms with Gasteiger partial charge in [0.2, 0.25) is 5.91 Å². The molecule has 1 aromatic heterocycles. The SMILES string of the molecule is C=C/C=C\C=C/CC1c2ccsc2CCN1C(=O)CCN. The van der Waals surface area contributed by atoms with Crippen molar-refractivity contribution in [3.63, 3.8) is 0 Å². The molecule has 4 heteroatoms. The maximum Gasteiger partial charge on any atom is 0.224 e. The number of thiophene rings is 1. The second-order valence-corrected chi connectivity index (χ2v) is 5.98. The normalized spacial score (nSPS) is 18.3. The van der Waals surface area contributed by atoms with Crippen molar-refractivity contribution in [3.8, 4) is 0 Å². The Morgan fingerprint density at radius 1 is 1.48 bits per heavy atom. The van der Waals surface area contributed by atoms with E-state index in [0.29, 0.717) is 13.0 Å². The molecule has 0 spiro atoms. The number of nitrogens with zero attached hydrogens (tertiary/aromatic N) is 1. The maximum absolute atomic E-state index is 12.3. The van der Waals surface area contributed by atoms with Gasteiger partial charge in [0, 0.05) is 24.4 Å². The molecule has 2 rings (SSSR count). The number of fused-ring (bicyclic) bond motifs is 1. The molecule has 0 saturated heterocycles. The minimum atomic E-state index is 0.146. The molecule has 0 fully saturated rings. The molecule has 2 N–H and O–H groups in total. The Balaban J connectivity index is 2.14. The van der Waals surface area contributed by atoms with E-state index < -0.39 is 0 Å². The Bertz CT molecular complexity index is 545. The van der Waals surface area contributed by atoms with Crippen LogP contribution in [0.25, 0.3) is 0 Å². The van der Waals surface area contributed by atoms with E-state index in [-0.39, 0.29) is 11.9 Å². The minimum Gasteiger partial charge on any atom is -0.335 e. The maximum atomic E-state index is 12.3. The number of nitrogens with two attached hydrogens (primary N) is 1. The zero-order chi connectivity index (χ0) is 15.1. The van der Waals surface area contributed by atoms with Crippen molar-refractivity contribution in [3.05, 3.63) is 58.8 Å². The molecule has 0 aliphatic carbocycles. The third kappa shape index (κ3) is 3.93. The molecule has 1 aromatic rings. The van der Waals surface area contributed by atoms with Gasteiger partial charge in [0.05, 0.1) is 6.04 Å². The molecule has 0 saturated carbocycles. The first-order valence-corrected chi connectivity index (χ1v) is 8.16. The average molecular weight is 302 g/mol. The molecular formula is C17H22N2OS. The van der Waals surface area contributed by atoms with Crippen LogP contribution in [0.3, 0.4) is 0 Å². The van der Waals surface area contributed by atoms with Crippen molar-refractivity contribution >= 4 is 17.2 Å². The number of amides is 1. The van der Waals surface area contributed by atoms with E-state index in [1.54, 1.807) is 17.4 Å². The minimum absolute atomic E-state index is 0.146. The van der Waals surface area contributed by atoms with Crippen LogP contribution in [0.15, 0.2) is 48.4 Å². The predicted molar refractivity (Wildman–Crippen MR) is 89.2 cm³/mol. The number of hydrogen-bond donors (Lipinski definition) is 1. The third-order valence-corrected chi connectivity index (χ3v) is 4.62. The van der Waals surface area contributed by atoms with Crippen LogP contribution in [0.1, 0.15) is 29.3 Å². The van der Waals surface area contributed by atoms with Crippen LogP contribution in [0.2, 0.25) is 0 Å². The summed E-state index contributed by atoms with van der Waals surface area (Å²) in [6, 6.07) is 2.30. The van der Waals surface area contributed by atoms with E-state index in [4.69, 9.17) is 5.73 Å². The van der Waals surface area contributed by atoms with Gasteiger partial charge in [-0.25, -0.2) is 0 Å². The summed E-state index contributed by atoms with van der Waals surface area (Å²) in [6.07, 6.45) is 11.9. The molecule has 1 aliphatic rings. The number of allylic oxidation sites excluding steroid dienone is 4. The van der Waals surface area contributed by atoms with E-state index in [1.807, 2.05) is 23.1 Å². The van der Waals surface area contributed by atoms with Gasteiger partial charge < -0.3 is 10.6 Å². The van der Waals surface area contributed by atoms with Gasteiger partial charge in [0.25, 0.3) is 0 Å².